The third kappa shape index (κ3) is 3.60. The highest BCUT2D eigenvalue weighted by molar-refractivity contribution is 6.20. The van der Waals surface area contributed by atoms with Gasteiger partial charge in [-0.1, -0.05) is 121 Å². The Morgan fingerprint density at radius 1 is 0.367 bits per heavy atom. The van der Waals surface area contributed by atoms with E-state index in [1.54, 1.807) is 0 Å². The number of imidazole rings is 1. The average Bonchev–Trinajstić information content (AvgIpc) is 3.83. The second-order valence-corrected chi connectivity index (χ2v) is 12.8. The summed E-state index contributed by atoms with van der Waals surface area (Å²) in [6.07, 6.45) is 0. The Bertz CT molecular complexity index is 3030. The molecule has 0 spiro atoms. The van der Waals surface area contributed by atoms with Crippen LogP contribution in [0.2, 0.25) is 0 Å². The lowest BCUT2D eigenvalue weighted by atomic mass is 9.96. The minimum atomic E-state index is 0.974. The van der Waals surface area contributed by atoms with E-state index in [9.17, 15) is 0 Å². The van der Waals surface area contributed by atoms with E-state index < -0.39 is 0 Å². The lowest BCUT2D eigenvalue weighted by Gasteiger charge is -2.15. The zero-order chi connectivity index (χ0) is 32.1. The van der Waals surface area contributed by atoms with Crippen molar-refractivity contribution in [3.63, 3.8) is 0 Å². The minimum absolute atomic E-state index is 0.974. The standard InChI is InChI=1S/C45H28N4/c1-2-13-30(14-3-1)48-40-23-11-8-19-37(40)43-45(48)49-41-24-12-20-32(42(41)35-17-4-5-18-36(35)44(49)46-43)29-25-27-31(28-26-29)47-38-21-9-6-15-33(38)34-16-7-10-22-39(34)47/h1-28H. The fourth-order valence-electron chi connectivity index (χ4n) is 8.17. The van der Waals surface area contributed by atoms with Crippen LogP contribution in [-0.2, 0) is 0 Å². The summed E-state index contributed by atoms with van der Waals surface area (Å²) in [7, 11) is 0. The summed E-state index contributed by atoms with van der Waals surface area (Å²) in [5, 5.41) is 7.26. The molecule has 49 heavy (non-hydrogen) atoms. The number of fused-ring (bicyclic) bond motifs is 13. The topological polar surface area (TPSA) is 27.2 Å². The third-order valence-electron chi connectivity index (χ3n) is 10.2. The molecule has 7 aromatic carbocycles. The van der Waals surface area contributed by atoms with Crippen LogP contribution in [0.15, 0.2) is 170 Å². The summed E-state index contributed by atoms with van der Waals surface area (Å²) in [6.45, 7) is 0. The number of rotatable bonds is 3. The molecule has 0 amide bonds. The monoisotopic (exact) mass is 624 g/mol. The van der Waals surface area contributed by atoms with Gasteiger partial charge in [0.15, 0.2) is 5.65 Å². The lowest BCUT2D eigenvalue weighted by molar-refractivity contribution is 1.12. The molecule has 4 heteroatoms. The molecular formula is C45H28N4. The average molecular weight is 625 g/mol. The third-order valence-corrected chi connectivity index (χ3v) is 10.2. The van der Waals surface area contributed by atoms with Crippen molar-refractivity contribution in [3.8, 4) is 22.5 Å². The van der Waals surface area contributed by atoms with Crippen LogP contribution in [0.3, 0.4) is 0 Å². The first-order valence-corrected chi connectivity index (χ1v) is 16.7. The SMILES string of the molecule is c1ccc(-n2c3ccccc3c3nc4c5ccccc5c5c(-c6ccc(-n7c8ccccc8c8ccccc87)cc6)cccc5n4c32)cc1. The van der Waals surface area contributed by atoms with E-state index in [2.05, 4.69) is 183 Å². The molecule has 0 fully saturated rings. The quantitative estimate of drug-likeness (QED) is 0.180. The van der Waals surface area contributed by atoms with Crippen molar-refractivity contribution in [2.75, 3.05) is 0 Å². The van der Waals surface area contributed by atoms with Crippen LogP contribution in [-0.4, -0.2) is 18.5 Å². The number of benzene rings is 7. The van der Waals surface area contributed by atoms with Gasteiger partial charge in [0.1, 0.15) is 11.2 Å². The second-order valence-electron chi connectivity index (χ2n) is 12.8. The van der Waals surface area contributed by atoms with Gasteiger partial charge in [0, 0.05) is 38.3 Å². The Kier molecular flexibility index (Phi) is 5.35. The predicted molar refractivity (Wildman–Crippen MR) is 204 cm³/mol. The Hall–Kier alpha value is -6.65. The number of nitrogens with zero attached hydrogens (tertiary/aromatic N) is 4. The fourth-order valence-corrected chi connectivity index (χ4v) is 8.17. The molecule has 0 saturated heterocycles. The summed E-state index contributed by atoms with van der Waals surface area (Å²) >= 11 is 0. The van der Waals surface area contributed by atoms with Gasteiger partial charge in [0.2, 0.25) is 0 Å². The van der Waals surface area contributed by atoms with Crippen molar-refractivity contribution >= 4 is 71.2 Å². The Balaban J connectivity index is 1.21. The van der Waals surface area contributed by atoms with Gasteiger partial charge < -0.3 is 4.57 Å². The molecule has 0 bridgehead atoms. The summed E-state index contributed by atoms with van der Waals surface area (Å²) in [6, 6.07) is 61.1. The first-order chi connectivity index (χ1) is 24.3. The van der Waals surface area contributed by atoms with Gasteiger partial charge in [-0.3, -0.25) is 8.97 Å². The molecule has 228 valence electrons. The molecule has 0 atom stereocenters. The van der Waals surface area contributed by atoms with Gasteiger partial charge in [0.05, 0.1) is 22.1 Å². The van der Waals surface area contributed by atoms with E-state index in [-0.39, 0.29) is 0 Å². The summed E-state index contributed by atoms with van der Waals surface area (Å²) in [4.78, 5) is 5.40. The van der Waals surface area contributed by atoms with E-state index in [0.29, 0.717) is 0 Å². The first-order valence-electron chi connectivity index (χ1n) is 16.7. The molecule has 4 nitrogen and oxygen atoms in total. The molecule has 0 unspecified atom stereocenters. The van der Waals surface area contributed by atoms with Gasteiger partial charge in [-0.15, -0.1) is 0 Å². The maximum absolute atomic E-state index is 5.40. The largest absolute Gasteiger partial charge is 0.309 e. The van der Waals surface area contributed by atoms with Crippen LogP contribution < -0.4 is 0 Å². The number of hydrogen-bond acceptors (Lipinski definition) is 1. The van der Waals surface area contributed by atoms with Crippen LogP contribution in [0.1, 0.15) is 0 Å². The summed E-state index contributed by atoms with van der Waals surface area (Å²) in [5.41, 5.74) is 12.4. The van der Waals surface area contributed by atoms with Crippen LogP contribution in [0.25, 0.3) is 93.7 Å². The van der Waals surface area contributed by atoms with Gasteiger partial charge in [-0.25, -0.2) is 4.98 Å². The Morgan fingerprint density at radius 3 is 1.59 bits per heavy atom. The highest BCUT2D eigenvalue weighted by Gasteiger charge is 2.22. The number of hydrogen-bond donors (Lipinski definition) is 0. The zero-order valence-electron chi connectivity index (χ0n) is 26.5. The molecular weight excluding hydrogens is 597 g/mol. The summed E-state index contributed by atoms with van der Waals surface area (Å²) in [5.74, 6) is 0. The Labute approximate surface area is 281 Å². The molecule has 4 aromatic heterocycles. The van der Waals surface area contributed by atoms with Crippen molar-refractivity contribution in [1.29, 1.82) is 0 Å². The van der Waals surface area contributed by atoms with Gasteiger partial charge >= 0.3 is 0 Å². The first kappa shape index (κ1) is 26.4. The Morgan fingerprint density at radius 2 is 0.898 bits per heavy atom. The molecule has 0 N–H and O–H groups in total. The molecule has 0 saturated carbocycles. The van der Waals surface area contributed by atoms with E-state index >= 15 is 0 Å². The lowest BCUT2D eigenvalue weighted by Crippen LogP contribution is -1.99. The van der Waals surface area contributed by atoms with E-state index in [1.165, 1.54) is 43.7 Å². The zero-order valence-corrected chi connectivity index (χ0v) is 26.5. The maximum Gasteiger partial charge on any atom is 0.151 e. The molecule has 0 aliphatic carbocycles. The van der Waals surface area contributed by atoms with E-state index in [1.807, 2.05) is 0 Å². The molecule has 4 heterocycles. The van der Waals surface area contributed by atoms with Crippen LogP contribution in [0.5, 0.6) is 0 Å². The highest BCUT2D eigenvalue weighted by atomic mass is 15.2. The van der Waals surface area contributed by atoms with Gasteiger partial charge in [-0.05, 0) is 65.0 Å². The normalized spacial score (nSPS) is 12.1. The van der Waals surface area contributed by atoms with Crippen LogP contribution in [0, 0.1) is 0 Å². The number of para-hydroxylation sites is 4. The van der Waals surface area contributed by atoms with Crippen molar-refractivity contribution in [3.05, 3.63) is 170 Å². The summed E-state index contributed by atoms with van der Waals surface area (Å²) < 4.78 is 7.13. The minimum Gasteiger partial charge on any atom is -0.309 e. The second kappa shape index (κ2) is 9.93. The molecule has 11 aromatic rings. The van der Waals surface area contributed by atoms with E-state index in [0.717, 1.165) is 50.0 Å². The van der Waals surface area contributed by atoms with Gasteiger partial charge in [-0.2, -0.15) is 0 Å². The molecule has 0 radical (unpaired) electrons. The van der Waals surface area contributed by atoms with Crippen molar-refractivity contribution in [2.24, 2.45) is 0 Å². The molecule has 0 aliphatic rings. The van der Waals surface area contributed by atoms with Crippen molar-refractivity contribution in [2.45, 2.75) is 0 Å². The number of aromatic nitrogens is 4. The smallest absolute Gasteiger partial charge is 0.151 e. The predicted octanol–water partition coefficient (Wildman–Crippen LogP) is 11.5. The van der Waals surface area contributed by atoms with Gasteiger partial charge in [0.25, 0.3) is 0 Å². The van der Waals surface area contributed by atoms with Crippen LogP contribution in [0.4, 0.5) is 0 Å². The molecule has 0 aliphatic heterocycles. The molecule has 11 rings (SSSR count). The van der Waals surface area contributed by atoms with Crippen molar-refractivity contribution < 1.29 is 0 Å². The van der Waals surface area contributed by atoms with Crippen LogP contribution >= 0.6 is 0 Å². The maximum atomic E-state index is 5.40. The van der Waals surface area contributed by atoms with E-state index in [4.69, 9.17) is 4.98 Å². The highest BCUT2D eigenvalue weighted by Crippen LogP contribution is 2.41. The van der Waals surface area contributed by atoms with Crippen molar-refractivity contribution in [1.82, 2.24) is 18.5 Å². The fraction of sp³-hybridized carbons (Fsp3) is 0. The number of pyridine rings is 1.